The Morgan fingerprint density at radius 2 is 2.03 bits per heavy atom. The molecule has 1 amide bonds. The molecule has 8 heteroatoms. The maximum absolute atomic E-state index is 12.7. The van der Waals surface area contributed by atoms with E-state index in [1.54, 1.807) is 14.2 Å². The van der Waals surface area contributed by atoms with Crippen LogP contribution in [0.1, 0.15) is 25.7 Å². The van der Waals surface area contributed by atoms with Gasteiger partial charge in [0.15, 0.2) is 5.13 Å². The van der Waals surface area contributed by atoms with E-state index in [1.165, 1.54) is 50.1 Å². The third-order valence-electron chi connectivity index (χ3n) is 5.95. The first-order valence-corrected chi connectivity index (χ1v) is 11.5. The molecule has 0 radical (unpaired) electrons. The van der Waals surface area contributed by atoms with Crippen LogP contribution in [-0.2, 0) is 4.79 Å². The fourth-order valence-corrected chi connectivity index (χ4v) is 5.11. The fourth-order valence-electron chi connectivity index (χ4n) is 4.38. The van der Waals surface area contributed by atoms with Gasteiger partial charge in [0.2, 0.25) is 5.91 Å². The van der Waals surface area contributed by atoms with Crippen LogP contribution in [0.4, 0.5) is 5.13 Å². The van der Waals surface area contributed by atoms with Crippen LogP contribution in [-0.4, -0.2) is 73.7 Å². The monoisotopic (exact) mass is 430 g/mol. The van der Waals surface area contributed by atoms with Crippen molar-refractivity contribution in [1.29, 1.82) is 0 Å². The number of hydrogen-bond acceptors (Lipinski definition) is 7. The highest BCUT2D eigenvalue weighted by Gasteiger charge is 2.28. The van der Waals surface area contributed by atoms with E-state index in [0.717, 1.165) is 30.1 Å². The van der Waals surface area contributed by atoms with Gasteiger partial charge in [0, 0.05) is 29.6 Å². The number of benzene rings is 1. The molecule has 0 aliphatic carbocycles. The summed E-state index contributed by atoms with van der Waals surface area (Å²) in [5.41, 5.74) is 1.66. The molecular formula is C22H30N4O3S. The van der Waals surface area contributed by atoms with Crippen LogP contribution >= 0.6 is 11.3 Å². The molecule has 2 fully saturated rings. The Morgan fingerprint density at radius 1 is 1.20 bits per heavy atom. The van der Waals surface area contributed by atoms with E-state index in [0.29, 0.717) is 23.5 Å². The lowest BCUT2D eigenvalue weighted by atomic mass is 10.1. The molecule has 1 unspecified atom stereocenters. The van der Waals surface area contributed by atoms with Crippen molar-refractivity contribution in [2.45, 2.75) is 31.7 Å². The van der Waals surface area contributed by atoms with Crippen molar-refractivity contribution in [3.05, 3.63) is 23.6 Å². The van der Waals surface area contributed by atoms with Crippen molar-refractivity contribution in [3.8, 4) is 22.8 Å². The molecule has 3 heterocycles. The Balaban J connectivity index is 1.36. The number of carbonyl (C=O) groups is 1. The highest BCUT2D eigenvalue weighted by atomic mass is 32.1. The van der Waals surface area contributed by atoms with Crippen LogP contribution < -0.4 is 14.8 Å². The average Bonchev–Trinajstić information content (AvgIpc) is 3.51. The molecule has 0 spiro atoms. The van der Waals surface area contributed by atoms with Gasteiger partial charge >= 0.3 is 0 Å². The first-order valence-electron chi connectivity index (χ1n) is 10.6. The highest BCUT2D eigenvalue weighted by Crippen LogP contribution is 2.34. The zero-order chi connectivity index (χ0) is 20.9. The van der Waals surface area contributed by atoms with Gasteiger partial charge in [0.1, 0.15) is 11.5 Å². The Labute approximate surface area is 182 Å². The fraction of sp³-hybridized carbons (Fsp3) is 0.545. The van der Waals surface area contributed by atoms with Crippen LogP contribution in [0.5, 0.6) is 11.5 Å². The number of carbonyl (C=O) groups excluding carboxylic acids is 1. The van der Waals surface area contributed by atoms with Gasteiger partial charge < -0.3 is 19.7 Å². The van der Waals surface area contributed by atoms with E-state index in [9.17, 15) is 4.79 Å². The number of anilines is 1. The lowest BCUT2D eigenvalue weighted by molar-refractivity contribution is -0.117. The van der Waals surface area contributed by atoms with Crippen molar-refractivity contribution in [3.63, 3.8) is 0 Å². The summed E-state index contributed by atoms with van der Waals surface area (Å²) in [6.07, 6.45) is 4.96. The standard InChI is InChI=1S/C22H30N4O3S/c1-28-17-7-8-18(20(12-17)29-2)19-15-30-22(23-19)24-21(27)14-26-11-5-6-16(26)13-25-9-3-4-10-25/h7-8,12,15-16H,3-6,9-11,13-14H2,1-2H3,(H,23,24,27). The van der Waals surface area contributed by atoms with Crippen molar-refractivity contribution in [2.75, 3.05) is 52.3 Å². The molecule has 30 heavy (non-hydrogen) atoms. The van der Waals surface area contributed by atoms with Crippen molar-refractivity contribution < 1.29 is 14.3 Å². The minimum atomic E-state index is 0.00548. The second-order valence-electron chi connectivity index (χ2n) is 7.93. The first-order chi connectivity index (χ1) is 14.7. The van der Waals surface area contributed by atoms with Gasteiger partial charge in [-0.15, -0.1) is 11.3 Å². The molecule has 1 atom stereocenters. The van der Waals surface area contributed by atoms with Gasteiger partial charge in [0.25, 0.3) is 0 Å². The molecule has 4 rings (SSSR count). The minimum Gasteiger partial charge on any atom is -0.497 e. The topological polar surface area (TPSA) is 66.9 Å². The van der Waals surface area contributed by atoms with E-state index in [2.05, 4.69) is 20.1 Å². The van der Waals surface area contributed by atoms with Gasteiger partial charge in [-0.1, -0.05) is 0 Å². The largest absolute Gasteiger partial charge is 0.497 e. The van der Waals surface area contributed by atoms with E-state index < -0.39 is 0 Å². The zero-order valence-electron chi connectivity index (χ0n) is 17.7. The molecule has 2 saturated heterocycles. The predicted octanol–water partition coefficient (Wildman–Crippen LogP) is 3.33. The van der Waals surface area contributed by atoms with Gasteiger partial charge in [0.05, 0.1) is 26.5 Å². The predicted molar refractivity (Wildman–Crippen MR) is 120 cm³/mol. The normalized spacial score (nSPS) is 19.9. The summed E-state index contributed by atoms with van der Waals surface area (Å²) in [4.78, 5) is 22.1. The number of methoxy groups -OCH3 is 2. The molecule has 2 aromatic rings. The lowest BCUT2D eigenvalue weighted by Crippen LogP contribution is -2.42. The number of rotatable bonds is 8. The SMILES string of the molecule is COc1ccc(-c2csc(NC(=O)CN3CCCC3CN3CCCC3)n2)c(OC)c1. The molecule has 1 aromatic heterocycles. The molecule has 1 N–H and O–H groups in total. The van der Waals surface area contributed by atoms with Crippen LogP contribution in [0.2, 0.25) is 0 Å². The molecule has 162 valence electrons. The summed E-state index contributed by atoms with van der Waals surface area (Å²) < 4.78 is 10.7. The number of hydrogen-bond donors (Lipinski definition) is 1. The lowest BCUT2D eigenvalue weighted by Gasteiger charge is -2.27. The molecule has 2 aliphatic heterocycles. The number of aromatic nitrogens is 1. The molecule has 1 aromatic carbocycles. The van der Waals surface area contributed by atoms with E-state index in [4.69, 9.17) is 9.47 Å². The molecule has 7 nitrogen and oxygen atoms in total. The second-order valence-corrected chi connectivity index (χ2v) is 8.78. The van der Waals surface area contributed by atoms with Gasteiger partial charge in [-0.05, 0) is 57.5 Å². The maximum Gasteiger partial charge on any atom is 0.240 e. The molecular weight excluding hydrogens is 400 g/mol. The Kier molecular flexibility index (Phi) is 6.86. The average molecular weight is 431 g/mol. The van der Waals surface area contributed by atoms with Crippen molar-refractivity contribution in [1.82, 2.24) is 14.8 Å². The number of nitrogens with zero attached hydrogens (tertiary/aromatic N) is 3. The summed E-state index contributed by atoms with van der Waals surface area (Å²) in [5.74, 6) is 1.43. The summed E-state index contributed by atoms with van der Waals surface area (Å²) in [6, 6.07) is 6.12. The van der Waals surface area contributed by atoms with Crippen LogP contribution in [0.25, 0.3) is 11.3 Å². The molecule has 2 aliphatic rings. The third kappa shape index (κ3) is 4.94. The van der Waals surface area contributed by atoms with E-state index >= 15 is 0 Å². The summed E-state index contributed by atoms with van der Waals surface area (Å²) in [6.45, 7) is 4.92. The van der Waals surface area contributed by atoms with Gasteiger partial charge in [-0.25, -0.2) is 4.98 Å². The van der Waals surface area contributed by atoms with Crippen molar-refractivity contribution in [2.24, 2.45) is 0 Å². The summed E-state index contributed by atoms with van der Waals surface area (Å²) in [5, 5.41) is 5.53. The first kappa shape index (κ1) is 21.1. The Morgan fingerprint density at radius 3 is 2.80 bits per heavy atom. The number of amides is 1. The number of nitrogens with one attached hydrogen (secondary N) is 1. The summed E-state index contributed by atoms with van der Waals surface area (Å²) in [7, 11) is 3.25. The number of ether oxygens (including phenoxy) is 2. The molecule has 0 bridgehead atoms. The van der Waals surface area contributed by atoms with Crippen molar-refractivity contribution >= 4 is 22.4 Å². The smallest absolute Gasteiger partial charge is 0.240 e. The Hall–Kier alpha value is -2.16. The second kappa shape index (κ2) is 9.76. The number of thiazole rings is 1. The van der Waals surface area contributed by atoms with Gasteiger partial charge in [-0.2, -0.15) is 0 Å². The molecule has 0 saturated carbocycles. The minimum absolute atomic E-state index is 0.00548. The Bertz CT molecular complexity index is 866. The summed E-state index contributed by atoms with van der Waals surface area (Å²) >= 11 is 1.43. The maximum atomic E-state index is 12.7. The van der Waals surface area contributed by atoms with Crippen LogP contribution in [0.15, 0.2) is 23.6 Å². The zero-order valence-corrected chi connectivity index (χ0v) is 18.5. The van der Waals surface area contributed by atoms with Gasteiger partial charge in [-0.3, -0.25) is 9.69 Å². The van der Waals surface area contributed by atoms with Crippen LogP contribution in [0, 0.1) is 0 Å². The van der Waals surface area contributed by atoms with Crippen LogP contribution in [0.3, 0.4) is 0 Å². The third-order valence-corrected chi connectivity index (χ3v) is 6.71. The number of likely N-dealkylation sites (tertiary alicyclic amines) is 2. The van der Waals surface area contributed by atoms with E-state index in [-0.39, 0.29) is 5.91 Å². The highest BCUT2D eigenvalue weighted by molar-refractivity contribution is 7.14. The quantitative estimate of drug-likeness (QED) is 0.693. The van der Waals surface area contributed by atoms with E-state index in [1.807, 2.05) is 23.6 Å².